The number of fused-ring (bicyclic) bond motifs is 2. The topological polar surface area (TPSA) is 57.5 Å². The van der Waals surface area contributed by atoms with Gasteiger partial charge in [0.1, 0.15) is 11.3 Å². The zero-order valence-corrected chi connectivity index (χ0v) is 10.6. The van der Waals surface area contributed by atoms with Crippen molar-refractivity contribution in [3.8, 4) is 5.75 Å². The summed E-state index contributed by atoms with van der Waals surface area (Å²) in [7, 11) is 0. The fraction of sp³-hybridized carbons (Fsp3) is 0. The Morgan fingerprint density at radius 1 is 0.842 bits per heavy atom. The summed E-state index contributed by atoms with van der Waals surface area (Å²) < 4.78 is 0. The van der Waals surface area contributed by atoms with Crippen molar-refractivity contribution in [3.05, 3.63) is 54.1 Å². The Morgan fingerprint density at radius 2 is 1.37 bits per heavy atom. The molecule has 0 atom stereocenters. The predicted octanol–water partition coefficient (Wildman–Crippen LogP) is 3.82. The maximum atomic E-state index is 11.0. The molecule has 0 bridgehead atoms. The van der Waals surface area contributed by atoms with E-state index in [1.165, 1.54) is 12.1 Å². The van der Waals surface area contributed by atoms with Crippen LogP contribution in [-0.4, -0.2) is 16.2 Å². The first-order valence-corrected chi connectivity index (χ1v) is 5.54. The van der Waals surface area contributed by atoms with Gasteiger partial charge in [-0.15, -0.1) is 12.4 Å². The number of rotatable bonds is 1. The largest absolute Gasteiger partial charge is 0.507 e. The molecule has 0 amide bonds. The number of halogens is 1. The molecule has 4 heteroatoms. The van der Waals surface area contributed by atoms with Crippen molar-refractivity contribution in [1.29, 1.82) is 0 Å². The third-order valence-corrected chi connectivity index (χ3v) is 3.05. The fourth-order valence-corrected chi connectivity index (χ4v) is 2.15. The monoisotopic (exact) mass is 274 g/mol. The summed E-state index contributed by atoms with van der Waals surface area (Å²) in [5.74, 6) is -1.33. The lowest BCUT2D eigenvalue weighted by Gasteiger charge is -2.05. The second-order valence-electron chi connectivity index (χ2n) is 4.22. The van der Waals surface area contributed by atoms with Gasteiger partial charge in [0.15, 0.2) is 0 Å². The van der Waals surface area contributed by atoms with Crippen LogP contribution in [0.5, 0.6) is 5.75 Å². The number of carboxylic acids is 1. The van der Waals surface area contributed by atoms with Gasteiger partial charge in [-0.3, -0.25) is 0 Å². The summed E-state index contributed by atoms with van der Waals surface area (Å²) in [4.78, 5) is 11.0. The number of hydrogen-bond acceptors (Lipinski definition) is 2. The van der Waals surface area contributed by atoms with E-state index in [0.29, 0.717) is 0 Å². The number of carboxylic acid groups (broad SMARTS) is 1. The third-order valence-electron chi connectivity index (χ3n) is 3.05. The molecule has 3 nitrogen and oxygen atoms in total. The molecule has 0 saturated heterocycles. The van der Waals surface area contributed by atoms with Crippen LogP contribution in [0.4, 0.5) is 0 Å². The number of phenols is 1. The summed E-state index contributed by atoms with van der Waals surface area (Å²) in [6, 6.07) is 14.7. The molecule has 19 heavy (non-hydrogen) atoms. The molecule has 0 spiro atoms. The fourth-order valence-electron chi connectivity index (χ4n) is 2.15. The Labute approximate surface area is 115 Å². The zero-order valence-electron chi connectivity index (χ0n) is 9.83. The lowest BCUT2D eigenvalue weighted by Crippen LogP contribution is -1.96. The van der Waals surface area contributed by atoms with E-state index in [4.69, 9.17) is 5.11 Å². The van der Waals surface area contributed by atoms with Crippen LogP contribution in [0.25, 0.3) is 21.5 Å². The summed E-state index contributed by atoms with van der Waals surface area (Å²) in [6.07, 6.45) is 0. The molecule has 0 aliphatic carbocycles. The molecule has 0 fully saturated rings. The summed E-state index contributed by atoms with van der Waals surface area (Å²) in [6.45, 7) is 0. The van der Waals surface area contributed by atoms with E-state index < -0.39 is 5.97 Å². The quantitative estimate of drug-likeness (QED) is 0.663. The van der Waals surface area contributed by atoms with Gasteiger partial charge in [-0.05, 0) is 45.8 Å². The second-order valence-corrected chi connectivity index (χ2v) is 4.22. The van der Waals surface area contributed by atoms with Crippen LogP contribution >= 0.6 is 12.4 Å². The van der Waals surface area contributed by atoms with Crippen molar-refractivity contribution in [3.63, 3.8) is 0 Å². The van der Waals surface area contributed by atoms with Gasteiger partial charge in [0.25, 0.3) is 0 Å². The predicted molar refractivity (Wildman–Crippen MR) is 77.3 cm³/mol. The van der Waals surface area contributed by atoms with Gasteiger partial charge in [-0.1, -0.05) is 24.3 Å². The normalized spacial score (nSPS) is 10.3. The van der Waals surface area contributed by atoms with Gasteiger partial charge < -0.3 is 10.2 Å². The molecule has 3 aromatic rings. The van der Waals surface area contributed by atoms with Crippen molar-refractivity contribution in [2.24, 2.45) is 0 Å². The first kappa shape index (κ1) is 13.2. The van der Waals surface area contributed by atoms with Crippen LogP contribution < -0.4 is 0 Å². The Balaban J connectivity index is 0.00000133. The highest BCUT2D eigenvalue weighted by molar-refractivity contribution is 6.03. The smallest absolute Gasteiger partial charge is 0.339 e. The minimum absolute atomic E-state index is 0. The maximum Gasteiger partial charge on any atom is 0.339 e. The minimum atomic E-state index is -1.12. The van der Waals surface area contributed by atoms with Crippen LogP contribution in [0.15, 0.2) is 48.5 Å². The molecule has 2 N–H and O–H groups in total. The zero-order chi connectivity index (χ0) is 12.7. The Morgan fingerprint density at radius 3 is 1.89 bits per heavy atom. The number of aromatic carboxylic acids is 1. The van der Waals surface area contributed by atoms with Crippen LogP contribution in [0.1, 0.15) is 10.4 Å². The van der Waals surface area contributed by atoms with Gasteiger partial charge in [0.05, 0.1) is 0 Å². The van der Waals surface area contributed by atoms with E-state index in [-0.39, 0.29) is 23.7 Å². The van der Waals surface area contributed by atoms with Crippen molar-refractivity contribution in [1.82, 2.24) is 0 Å². The molecular formula is C15H11ClO3. The Bertz CT molecular complexity index is 781. The highest BCUT2D eigenvalue weighted by Crippen LogP contribution is 2.28. The summed E-state index contributed by atoms with van der Waals surface area (Å²) >= 11 is 0. The molecule has 0 radical (unpaired) electrons. The number of benzene rings is 3. The minimum Gasteiger partial charge on any atom is -0.507 e. The lowest BCUT2D eigenvalue weighted by atomic mass is 10.0. The first-order valence-electron chi connectivity index (χ1n) is 5.54. The van der Waals surface area contributed by atoms with E-state index in [1.54, 1.807) is 0 Å². The third kappa shape index (κ3) is 2.20. The van der Waals surface area contributed by atoms with Gasteiger partial charge in [0.2, 0.25) is 0 Å². The van der Waals surface area contributed by atoms with E-state index >= 15 is 0 Å². The SMILES string of the molecule is Cl.O=C(O)c1cc2cc3ccccc3cc2cc1O. The molecule has 0 aliphatic heterocycles. The molecule has 0 saturated carbocycles. The highest BCUT2D eigenvalue weighted by Gasteiger charge is 2.11. The van der Waals surface area contributed by atoms with E-state index in [1.807, 2.05) is 36.4 Å². The standard InChI is InChI=1S/C15H10O3.ClH/c16-14-8-12-6-10-4-2-1-3-9(10)5-11(12)7-13(14)15(17)18;/h1-8,16H,(H,17,18);1H. The van der Waals surface area contributed by atoms with Crippen LogP contribution in [0.3, 0.4) is 0 Å². The second kappa shape index (κ2) is 4.78. The van der Waals surface area contributed by atoms with E-state index in [2.05, 4.69) is 0 Å². The molecule has 3 aromatic carbocycles. The molecule has 96 valence electrons. The van der Waals surface area contributed by atoms with Crippen molar-refractivity contribution in [2.75, 3.05) is 0 Å². The molecule has 0 unspecified atom stereocenters. The van der Waals surface area contributed by atoms with Gasteiger partial charge >= 0.3 is 5.97 Å². The van der Waals surface area contributed by atoms with Crippen molar-refractivity contribution >= 4 is 39.9 Å². The van der Waals surface area contributed by atoms with Crippen LogP contribution in [0, 0.1) is 0 Å². The maximum absolute atomic E-state index is 11.0. The van der Waals surface area contributed by atoms with E-state index in [0.717, 1.165) is 21.5 Å². The lowest BCUT2D eigenvalue weighted by molar-refractivity contribution is 0.0694. The molecule has 0 heterocycles. The average molecular weight is 275 g/mol. The summed E-state index contributed by atoms with van der Waals surface area (Å²) in [5.41, 5.74) is -0.0715. The van der Waals surface area contributed by atoms with E-state index in [9.17, 15) is 9.90 Å². The molecular weight excluding hydrogens is 264 g/mol. The first-order chi connectivity index (χ1) is 8.65. The van der Waals surface area contributed by atoms with Gasteiger partial charge in [-0.2, -0.15) is 0 Å². The molecule has 0 aromatic heterocycles. The van der Waals surface area contributed by atoms with Gasteiger partial charge in [0, 0.05) is 0 Å². The number of hydrogen-bond donors (Lipinski definition) is 2. The highest BCUT2D eigenvalue weighted by atomic mass is 35.5. The Hall–Kier alpha value is -2.26. The van der Waals surface area contributed by atoms with Crippen LogP contribution in [0.2, 0.25) is 0 Å². The van der Waals surface area contributed by atoms with Crippen LogP contribution in [-0.2, 0) is 0 Å². The average Bonchev–Trinajstić information content (AvgIpc) is 2.35. The van der Waals surface area contributed by atoms with Crippen molar-refractivity contribution in [2.45, 2.75) is 0 Å². The number of carbonyl (C=O) groups is 1. The molecule has 0 aliphatic rings. The summed E-state index contributed by atoms with van der Waals surface area (Å²) in [5, 5.41) is 22.4. The Kier molecular flexibility index (Phi) is 3.32. The van der Waals surface area contributed by atoms with Gasteiger partial charge in [-0.25, -0.2) is 4.79 Å². The van der Waals surface area contributed by atoms with Crippen molar-refractivity contribution < 1.29 is 15.0 Å². The molecule has 3 rings (SSSR count). The number of aromatic hydroxyl groups is 1.